The number of benzene rings is 3. The first-order valence-electron chi connectivity index (χ1n) is 9.77. The molecule has 0 aliphatic heterocycles. The summed E-state index contributed by atoms with van der Waals surface area (Å²) in [6, 6.07) is 23.5. The van der Waals surface area contributed by atoms with Crippen LogP contribution in [0.5, 0.6) is 0 Å². The number of hydrogen-bond donors (Lipinski definition) is 1. The highest BCUT2D eigenvalue weighted by Crippen LogP contribution is 2.28. The number of aryl methyl sites for hydroxylation is 2. The summed E-state index contributed by atoms with van der Waals surface area (Å²) >= 11 is 6.05. The van der Waals surface area contributed by atoms with Crippen LogP contribution in [0.1, 0.15) is 21.6 Å². The van der Waals surface area contributed by atoms with Gasteiger partial charge in [0, 0.05) is 10.6 Å². The minimum Gasteiger partial charge on any atom is -0.306 e. The molecule has 0 fully saturated rings. The average molecular weight is 430 g/mol. The van der Waals surface area contributed by atoms with Crippen LogP contribution in [-0.4, -0.2) is 15.7 Å². The van der Waals surface area contributed by atoms with Gasteiger partial charge in [-0.25, -0.2) is 4.68 Å². The Labute approximate surface area is 184 Å². The topological polar surface area (TPSA) is 64.0 Å². The van der Waals surface area contributed by atoms with Crippen molar-refractivity contribution in [3.63, 3.8) is 0 Å². The van der Waals surface area contributed by atoms with Crippen LogP contribution in [0, 0.1) is 13.8 Å². The number of para-hydroxylation sites is 1. The SMILES string of the molecule is Cc1ccc(C(=O)Nc2c(-c3ccc(Cl)cc3)c(=O)c(C)nn2-c2ccccc2)cc1. The number of carbonyl (C=O) groups excluding carboxylic acids is 1. The number of rotatable bonds is 4. The summed E-state index contributed by atoms with van der Waals surface area (Å²) in [4.78, 5) is 26.2. The van der Waals surface area contributed by atoms with Gasteiger partial charge in [0.25, 0.3) is 5.91 Å². The Bertz CT molecular complexity index is 1300. The summed E-state index contributed by atoms with van der Waals surface area (Å²) in [6.45, 7) is 3.62. The standard InChI is InChI=1S/C25H20ClN3O2/c1-16-8-10-19(11-9-16)25(31)27-24-22(18-12-14-20(26)15-13-18)23(30)17(2)28-29(24)21-6-4-3-5-7-21/h3-15H,1-2H3,(H,27,31). The number of carbonyl (C=O) groups is 1. The second-order valence-corrected chi connectivity index (χ2v) is 7.65. The van der Waals surface area contributed by atoms with Crippen molar-refractivity contribution in [2.75, 3.05) is 5.32 Å². The smallest absolute Gasteiger partial charge is 0.256 e. The average Bonchev–Trinajstić information content (AvgIpc) is 2.78. The van der Waals surface area contributed by atoms with Gasteiger partial charge in [0.05, 0.1) is 11.3 Å². The van der Waals surface area contributed by atoms with E-state index in [-0.39, 0.29) is 11.3 Å². The summed E-state index contributed by atoms with van der Waals surface area (Å²) in [6.07, 6.45) is 0. The number of nitrogens with one attached hydrogen (secondary N) is 1. The molecule has 0 atom stereocenters. The molecule has 31 heavy (non-hydrogen) atoms. The maximum atomic E-state index is 13.2. The van der Waals surface area contributed by atoms with Crippen molar-refractivity contribution in [3.05, 3.63) is 111 Å². The number of aromatic nitrogens is 2. The van der Waals surface area contributed by atoms with E-state index in [0.717, 1.165) is 11.3 Å². The molecule has 0 radical (unpaired) electrons. The third-order valence-electron chi connectivity index (χ3n) is 4.93. The molecule has 4 rings (SSSR count). The zero-order valence-corrected chi connectivity index (χ0v) is 17.9. The van der Waals surface area contributed by atoms with E-state index in [1.165, 1.54) is 0 Å². The van der Waals surface area contributed by atoms with Crippen molar-refractivity contribution in [2.24, 2.45) is 0 Å². The summed E-state index contributed by atoms with van der Waals surface area (Å²) in [5.74, 6) is -0.0281. The third-order valence-corrected chi connectivity index (χ3v) is 5.19. The lowest BCUT2D eigenvalue weighted by Crippen LogP contribution is -2.24. The Balaban J connectivity index is 1.94. The number of nitrogens with zero attached hydrogens (tertiary/aromatic N) is 2. The molecule has 0 saturated heterocycles. The van der Waals surface area contributed by atoms with E-state index in [2.05, 4.69) is 10.4 Å². The highest BCUT2D eigenvalue weighted by molar-refractivity contribution is 6.30. The van der Waals surface area contributed by atoms with E-state index in [1.807, 2.05) is 49.4 Å². The van der Waals surface area contributed by atoms with Gasteiger partial charge in [0.2, 0.25) is 5.43 Å². The fraction of sp³-hybridized carbons (Fsp3) is 0.0800. The molecule has 1 aromatic heterocycles. The Kier molecular flexibility index (Phi) is 5.69. The minimum absolute atomic E-state index is 0.256. The van der Waals surface area contributed by atoms with Gasteiger partial charge in [-0.05, 0) is 55.8 Å². The Morgan fingerprint density at radius 3 is 2.19 bits per heavy atom. The lowest BCUT2D eigenvalue weighted by atomic mass is 10.0. The molecule has 0 spiro atoms. The van der Waals surface area contributed by atoms with Gasteiger partial charge in [0.1, 0.15) is 11.5 Å². The van der Waals surface area contributed by atoms with Crippen molar-refractivity contribution in [2.45, 2.75) is 13.8 Å². The Morgan fingerprint density at radius 1 is 0.903 bits per heavy atom. The van der Waals surface area contributed by atoms with Crippen LogP contribution in [0.25, 0.3) is 16.8 Å². The van der Waals surface area contributed by atoms with Crippen LogP contribution in [0.3, 0.4) is 0 Å². The maximum absolute atomic E-state index is 13.2. The monoisotopic (exact) mass is 429 g/mol. The van der Waals surface area contributed by atoms with E-state index in [4.69, 9.17) is 11.6 Å². The lowest BCUT2D eigenvalue weighted by Gasteiger charge is -2.18. The Morgan fingerprint density at radius 2 is 1.55 bits per heavy atom. The number of anilines is 1. The van der Waals surface area contributed by atoms with E-state index < -0.39 is 0 Å². The van der Waals surface area contributed by atoms with Crippen molar-refractivity contribution in [3.8, 4) is 16.8 Å². The number of amides is 1. The maximum Gasteiger partial charge on any atom is 0.256 e. The molecule has 0 unspecified atom stereocenters. The van der Waals surface area contributed by atoms with E-state index in [9.17, 15) is 9.59 Å². The first-order valence-corrected chi connectivity index (χ1v) is 10.1. The van der Waals surface area contributed by atoms with Gasteiger partial charge < -0.3 is 5.32 Å². The van der Waals surface area contributed by atoms with Crippen molar-refractivity contribution in [1.29, 1.82) is 0 Å². The van der Waals surface area contributed by atoms with Crippen LogP contribution >= 0.6 is 11.6 Å². The molecule has 3 aromatic carbocycles. The van der Waals surface area contributed by atoms with Crippen molar-refractivity contribution < 1.29 is 4.79 Å². The van der Waals surface area contributed by atoms with Gasteiger partial charge >= 0.3 is 0 Å². The molecule has 5 nitrogen and oxygen atoms in total. The molecule has 6 heteroatoms. The molecular formula is C25H20ClN3O2. The largest absolute Gasteiger partial charge is 0.306 e. The quantitative estimate of drug-likeness (QED) is 0.471. The highest BCUT2D eigenvalue weighted by Gasteiger charge is 2.20. The minimum atomic E-state index is -0.329. The molecule has 1 amide bonds. The van der Waals surface area contributed by atoms with E-state index >= 15 is 0 Å². The van der Waals surface area contributed by atoms with Gasteiger partial charge in [0.15, 0.2) is 0 Å². The van der Waals surface area contributed by atoms with Crippen molar-refractivity contribution in [1.82, 2.24) is 9.78 Å². The summed E-state index contributed by atoms with van der Waals surface area (Å²) in [5.41, 5.74) is 3.32. The van der Waals surface area contributed by atoms with Crippen molar-refractivity contribution >= 4 is 23.3 Å². The summed E-state index contributed by atoms with van der Waals surface area (Å²) in [5, 5.41) is 7.95. The van der Waals surface area contributed by atoms with Gasteiger partial charge in [-0.15, -0.1) is 0 Å². The second kappa shape index (κ2) is 8.58. The molecular weight excluding hydrogens is 410 g/mol. The molecule has 0 aliphatic carbocycles. The third kappa shape index (κ3) is 4.27. The molecule has 1 heterocycles. The molecule has 0 saturated carbocycles. The van der Waals surface area contributed by atoms with Gasteiger partial charge in [-0.2, -0.15) is 5.10 Å². The Hall–Kier alpha value is -3.70. The molecule has 0 aliphatic rings. The van der Waals surface area contributed by atoms with Gasteiger partial charge in [-0.3, -0.25) is 9.59 Å². The number of halogens is 1. The van der Waals surface area contributed by atoms with Crippen LogP contribution in [0.4, 0.5) is 5.82 Å². The summed E-state index contributed by atoms with van der Waals surface area (Å²) < 4.78 is 1.59. The zero-order valence-electron chi connectivity index (χ0n) is 17.1. The molecule has 154 valence electrons. The summed E-state index contributed by atoms with van der Waals surface area (Å²) in [7, 11) is 0. The van der Waals surface area contributed by atoms with E-state index in [0.29, 0.717) is 33.2 Å². The van der Waals surface area contributed by atoms with Gasteiger partial charge in [-0.1, -0.05) is 59.6 Å². The van der Waals surface area contributed by atoms with Crippen LogP contribution < -0.4 is 10.7 Å². The van der Waals surface area contributed by atoms with E-state index in [1.54, 1.807) is 48.0 Å². The first kappa shape index (κ1) is 20.6. The normalized spacial score (nSPS) is 10.7. The van der Waals surface area contributed by atoms with Crippen LogP contribution in [0.2, 0.25) is 5.02 Å². The predicted octanol–water partition coefficient (Wildman–Crippen LogP) is 5.42. The predicted molar refractivity (Wildman–Crippen MR) is 124 cm³/mol. The van der Waals surface area contributed by atoms with Crippen LogP contribution in [-0.2, 0) is 0 Å². The zero-order chi connectivity index (χ0) is 22.0. The fourth-order valence-corrected chi connectivity index (χ4v) is 3.41. The molecule has 0 bridgehead atoms. The number of hydrogen-bond acceptors (Lipinski definition) is 3. The second-order valence-electron chi connectivity index (χ2n) is 7.21. The first-order chi connectivity index (χ1) is 14.9. The molecule has 4 aromatic rings. The molecule has 1 N–H and O–H groups in total. The van der Waals surface area contributed by atoms with Crippen LogP contribution in [0.15, 0.2) is 83.7 Å². The lowest BCUT2D eigenvalue weighted by molar-refractivity contribution is 0.102. The fourth-order valence-electron chi connectivity index (χ4n) is 3.28. The highest BCUT2D eigenvalue weighted by atomic mass is 35.5.